The zero-order chi connectivity index (χ0) is 45.9. The Morgan fingerprint density at radius 1 is 0.302 bits per heavy atom. The van der Waals surface area contributed by atoms with Gasteiger partial charge in [-0.1, -0.05) is 285 Å². The van der Waals surface area contributed by atoms with Gasteiger partial charge in [-0.25, -0.2) is 0 Å². The summed E-state index contributed by atoms with van der Waals surface area (Å²) in [4.78, 5) is 38.1. The van der Waals surface area contributed by atoms with E-state index in [9.17, 15) is 14.4 Å². The van der Waals surface area contributed by atoms with Crippen LogP contribution in [0.15, 0.2) is 0 Å². The van der Waals surface area contributed by atoms with Crippen LogP contribution in [0.25, 0.3) is 0 Å². The van der Waals surface area contributed by atoms with Gasteiger partial charge in [-0.2, -0.15) is 0 Å². The predicted octanol–water partition coefficient (Wildman–Crippen LogP) is 18.6. The molecule has 63 heavy (non-hydrogen) atoms. The number of esters is 3. The van der Waals surface area contributed by atoms with Gasteiger partial charge in [-0.15, -0.1) is 0 Å². The molecule has 1 atom stereocenters. The minimum atomic E-state index is -0.761. The lowest BCUT2D eigenvalue weighted by molar-refractivity contribution is -0.167. The van der Waals surface area contributed by atoms with E-state index < -0.39 is 6.10 Å². The Kier molecular flexibility index (Phi) is 50.1. The van der Waals surface area contributed by atoms with Crippen LogP contribution in [0.4, 0.5) is 0 Å². The van der Waals surface area contributed by atoms with Gasteiger partial charge >= 0.3 is 17.9 Å². The van der Waals surface area contributed by atoms with E-state index in [1.54, 1.807) is 0 Å². The average molecular weight is 892 g/mol. The van der Waals surface area contributed by atoms with Crippen LogP contribution in [-0.4, -0.2) is 37.2 Å². The molecule has 0 aromatic rings. The van der Waals surface area contributed by atoms with Gasteiger partial charge in [-0.3, -0.25) is 14.4 Å². The topological polar surface area (TPSA) is 78.9 Å². The molecule has 0 aromatic carbocycles. The second-order valence-corrected chi connectivity index (χ2v) is 20.1. The van der Waals surface area contributed by atoms with Crippen molar-refractivity contribution in [3.8, 4) is 0 Å². The standard InChI is InChI=1S/C57H110O6/c1-5-7-9-11-13-15-17-19-20-21-22-23-24-29-33-37-41-45-49-56(59)62-52-54(51-61-55(58)48-44-40-36-32-28-18-16-14-12-10-8-6-2)63-57(60)50-46-42-38-34-30-26-25-27-31-35-39-43-47-53(3)4/h53-54H,5-52H2,1-4H3/t54-/m0/s1. The molecule has 0 aliphatic carbocycles. The highest BCUT2D eigenvalue weighted by Crippen LogP contribution is 2.18. The van der Waals surface area contributed by atoms with Gasteiger partial charge < -0.3 is 14.2 Å². The van der Waals surface area contributed by atoms with E-state index in [2.05, 4.69) is 27.7 Å². The molecule has 0 saturated heterocycles. The molecule has 0 aromatic heterocycles. The van der Waals surface area contributed by atoms with E-state index in [0.29, 0.717) is 19.3 Å². The first-order chi connectivity index (χ1) is 30.9. The Morgan fingerprint density at radius 3 is 0.778 bits per heavy atom. The molecule has 0 fully saturated rings. The third-order valence-corrected chi connectivity index (χ3v) is 13.0. The molecule has 0 spiro atoms. The molecule has 0 saturated carbocycles. The van der Waals surface area contributed by atoms with Gasteiger partial charge in [0.05, 0.1) is 0 Å². The van der Waals surface area contributed by atoms with E-state index in [0.717, 1.165) is 63.7 Å². The Hall–Kier alpha value is -1.59. The summed E-state index contributed by atoms with van der Waals surface area (Å²) in [6.45, 7) is 9.05. The third-order valence-electron chi connectivity index (χ3n) is 13.0. The summed E-state index contributed by atoms with van der Waals surface area (Å²) in [6.07, 6.45) is 55.2. The maximum absolute atomic E-state index is 12.8. The third kappa shape index (κ3) is 51.3. The van der Waals surface area contributed by atoms with E-state index in [1.165, 1.54) is 218 Å². The van der Waals surface area contributed by atoms with Crippen molar-refractivity contribution in [2.75, 3.05) is 13.2 Å². The zero-order valence-electron chi connectivity index (χ0n) is 43.0. The highest BCUT2D eigenvalue weighted by atomic mass is 16.6. The van der Waals surface area contributed by atoms with Crippen LogP contribution in [0.1, 0.15) is 323 Å². The summed E-state index contributed by atoms with van der Waals surface area (Å²) in [7, 11) is 0. The predicted molar refractivity (Wildman–Crippen MR) is 270 cm³/mol. The maximum atomic E-state index is 12.8. The number of hydrogen-bond acceptors (Lipinski definition) is 6. The van der Waals surface area contributed by atoms with Gasteiger partial charge in [0, 0.05) is 19.3 Å². The number of rotatable bonds is 52. The lowest BCUT2D eigenvalue weighted by Gasteiger charge is -2.18. The van der Waals surface area contributed by atoms with Gasteiger partial charge in [0.25, 0.3) is 0 Å². The lowest BCUT2D eigenvalue weighted by atomic mass is 10.0. The first-order valence-electron chi connectivity index (χ1n) is 28.4. The van der Waals surface area contributed by atoms with Crippen LogP contribution in [0.5, 0.6) is 0 Å². The molecule has 0 aliphatic heterocycles. The van der Waals surface area contributed by atoms with Crippen molar-refractivity contribution < 1.29 is 28.6 Å². The first-order valence-corrected chi connectivity index (χ1v) is 28.4. The Labute approximate surface area is 393 Å². The fourth-order valence-electron chi connectivity index (χ4n) is 8.75. The highest BCUT2D eigenvalue weighted by Gasteiger charge is 2.19. The molecule has 374 valence electrons. The van der Waals surface area contributed by atoms with E-state index in [1.807, 2.05) is 0 Å². The second-order valence-electron chi connectivity index (χ2n) is 20.1. The fourth-order valence-corrected chi connectivity index (χ4v) is 8.75. The number of carbonyl (C=O) groups excluding carboxylic acids is 3. The molecule has 0 rings (SSSR count). The van der Waals surface area contributed by atoms with Gasteiger partial charge in [0.15, 0.2) is 6.10 Å². The Balaban J connectivity index is 4.27. The zero-order valence-corrected chi connectivity index (χ0v) is 43.0. The van der Waals surface area contributed by atoms with Gasteiger partial charge in [0.1, 0.15) is 13.2 Å². The van der Waals surface area contributed by atoms with Crippen LogP contribution in [0, 0.1) is 5.92 Å². The molecular formula is C57H110O6. The largest absolute Gasteiger partial charge is 0.462 e. The first kappa shape index (κ1) is 61.4. The lowest BCUT2D eigenvalue weighted by Crippen LogP contribution is -2.30. The van der Waals surface area contributed by atoms with Crippen LogP contribution in [0.2, 0.25) is 0 Å². The Bertz CT molecular complexity index is 949. The van der Waals surface area contributed by atoms with Gasteiger partial charge in [0.2, 0.25) is 0 Å². The summed E-state index contributed by atoms with van der Waals surface area (Å²) < 4.78 is 16.9. The van der Waals surface area contributed by atoms with Gasteiger partial charge in [-0.05, 0) is 25.2 Å². The van der Waals surface area contributed by atoms with Crippen molar-refractivity contribution in [2.24, 2.45) is 5.92 Å². The molecule has 0 radical (unpaired) electrons. The molecule has 6 heteroatoms. The quantitative estimate of drug-likeness (QED) is 0.0344. The van der Waals surface area contributed by atoms with E-state index in [-0.39, 0.29) is 31.1 Å². The van der Waals surface area contributed by atoms with Crippen molar-refractivity contribution in [1.82, 2.24) is 0 Å². The monoisotopic (exact) mass is 891 g/mol. The van der Waals surface area contributed by atoms with E-state index in [4.69, 9.17) is 14.2 Å². The maximum Gasteiger partial charge on any atom is 0.306 e. The van der Waals surface area contributed by atoms with Crippen LogP contribution >= 0.6 is 0 Å². The van der Waals surface area contributed by atoms with Crippen LogP contribution in [0.3, 0.4) is 0 Å². The summed E-state index contributed by atoms with van der Waals surface area (Å²) in [6, 6.07) is 0. The summed E-state index contributed by atoms with van der Waals surface area (Å²) in [5.74, 6) is -0.00558. The SMILES string of the molecule is CCCCCCCCCCCCCCCCCCCCC(=O)OC[C@H](COC(=O)CCCCCCCCCCCCCC)OC(=O)CCCCCCCCCCCCCCC(C)C. The summed E-state index contributed by atoms with van der Waals surface area (Å²) in [5.41, 5.74) is 0. The number of hydrogen-bond donors (Lipinski definition) is 0. The number of unbranched alkanes of at least 4 members (excludes halogenated alkanes) is 39. The summed E-state index contributed by atoms with van der Waals surface area (Å²) in [5, 5.41) is 0. The molecular weight excluding hydrogens is 781 g/mol. The van der Waals surface area contributed by atoms with Crippen molar-refractivity contribution in [3.05, 3.63) is 0 Å². The molecule has 6 nitrogen and oxygen atoms in total. The fraction of sp³-hybridized carbons (Fsp3) is 0.947. The van der Waals surface area contributed by atoms with Crippen molar-refractivity contribution in [2.45, 2.75) is 329 Å². The van der Waals surface area contributed by atoms with Crippen molar-refractivity contribution >= 4 is 17.9 Å². The number of ether oxygens (including phenoxy) is 3. The molecule has 0 heterocycles. The van der Waals surface area contributed by atoms with Crippen molar-refractivity contribution in [1.29, 1.82) is 0 Å². The molecule has 0 N–H and O–H groups in total. The average Bonchev–Trinajstić information content (AvgIpc) is 3.27. The molecule has 0 bridgehead atoms. The Morgan fingerprint density at radius 2 is 0.524 bits per heavy atom. The smallest absolute Gasteiger partial charge is 0.306 e. The molecule has 0 amide bonds. The van der Waals surface area contributed by atoms with E-state index >= 15 is 0 Å². The minimum absolute atomic E-state index is 0.0621. The van der Waals surface area contributed by atoms with Crippen LogP contribution in [-0.2, 0) is 28.6 Å². The molecule has 0 aliphatic rings. The minimum Gasteiger partial charge on any atom is -0.462 e. The van der Waals surface area contributed by atoms with Crippen molar-refractivity contribution in [3.63, 3.8) is 0 Å². The summed E-state index contributed by atoms with van der Waals surface area (Å²) >= 11 is 0. The second kappa shape index (κ2) is 51.4. The number of carbonyl (C=O) groups is 3. The normalized spacial score (nSPS) is 12.0. The molecule has 0 unspecified atom stereocenters. The highest BCUT2D eigenvalue weighted by molar-refractivity contribution is 5.71. The van der Waals surface area contributed by atoms with Crippen LogP contribution < -0.4 is 0 Å².